The summed E-state index contributed by atoms with van der Waals surface area (Å²) in [6.45, 7) is 0.834. The average Bonchev–Trinajstić information content (AvgIpc) is 2.34. The van der Waals surface area contributed by atoms with Gasteiger partial charge in [0.05, 0.1) is 7.11 Å². The number of ether oxygens (including phenoxy) is 1. The molecule has 4 N–H and O–H groups in total. The molecule has 0 heterocycles. The fraction of sp³-hybridized carbons (Fsp3) is 0.417. The van der Waals surface area contributed by atoms with Crippen molar-refractivity contribution in [3.8, 4) is 5.75 Å². The van der Waals surface area contributed by atoms with Gasteiger partial charge >= 0.3 is 5.97 Å². The molecule has 0 radical (unpaired) electrons. The van der Waals surface area contributed by atoms with Crippen molar-refractivity contribution in [2.75, 3.05) is 13.7 Å². The van der Waals surface area contributed by atoms with Crippen LogP contribution < -0.4 is 15.8 Å². The first kappa shape index (κ1) is 14.4. The molecule has 18 heavy (non-hydrogen) atoms. The number of aliphatic carboxylic acids is 1. The van der Waals surface area contributed by atoms with E-state index >= 15 is 0 Å². The molecule has 0 aromatic heterocycles. The van der Waals surface area contributed by atoms with E-state index in [9.17, 15) is 9.18 Å². The van der Waals surface area contributed by atoms with E-state index in [4.69, 9.17) is 15.6 Å². The van der Waals surface area contributed by atoms with Crippen molar-refractivity contribution in [2.24, 2.45) is 5.73 Å². The highest BCUT2D eigenvalue weighted by atomic mass is 19.1. The first-order valence-electron chi connectivity index (χ1n) is 5.56. The van der Waals surface area contributed by atoms with E-state index in [2.05, 4.69) is 5.32 Å². The Morgan fingerprint density at radius 1 is 1.61 bits per heavy atom. The van der Waals surface area contributed by atoms with Crippen LogP contribution in [0.4, 0.5) is 4.39 Å². The summed E-state index contributed by atoms with van der Waals surface area (Å²) in [6.07, 6.45) is 0.312. The van der Waals surface area contributed by atoms with Crippen molar-refractivity contribution in [1.29, 1.82) is 0 Å². The van der Waals surface area contributed by atoms with Gasteiger partial charge < -0.3 is 20.9 Å². The van der Waals surface area contributed by atoms with Gasteiger partial charge in [0.25, 0.3) is 0 Å². The smallest absolute Gasteiger partial charge is 0.320 e. The van der Waals surface area contributed by atoms with Gasteiger partial charge in [0.15, 0.2) is 0 Å². The van der Waals surface area contributed by atoms with Crippen LogP contribution >= 0.6 is 0 Å². The number of hydrogen-bond acceptors (Lipinski definition) is 4. The third kappa shape index (κ3) is 4.31. The number of carboxylic acid groups (broad SMARTS) is 1. The molecule has 0 spiro atoms. The molecule has 1 aromatic carbocycles. The third-order valence-electron chi connectivity index (χ3n) is 2.51. The fourth-order valence-electron chi connectivity index (χ4n) is 1.49. The number of methoxy groups -OCH3 is 1. The van der Waals surface area contributed by atoms with E-state index in [1.165, 1.54) is 19.2 Å². The van der Waals surface area contributed by atoms with Gasteiger partial charge in [-0.05, 0) is 31.2 Å². The Bertz CT molecular complexity index is 412. The van der Waals surface area contributed by atoms with Crippen molar-refractivity contribution in [1.82, 2.24) is 5.32 Å². The monoisotopic (exact) mass is 256 g/mol. The van der Waals surface area contributed by atoms with Crippen LogP contribution in [-0.4, -0.2) is 30.8 Å². The molecule has 0 bridgehead atoms. The van der Waals surface area contributed by atoms with E-state index in [1.807, 2.05) is 0 Å². The van der Waals surface area contributed by atoms with Crippen molar-refractivity contribution in [2.45, 2.75) is 19.0 Å². The summed E-state index contributed by atoms with van der Waals surface area (Å²) < 4.78 is 18.1. The molecular weight excluding hydrogens is 239 g/mol. The SMILES string of the molecule is COc1ccc(F)cc1CNCCC(N)C(=O)O. The summed E-state index contributed by atoms with van der Waals surface area (Å²) in [5.74, 6) is -0.776. The lowest BCUT2D eigenvalue weighted by atomic mass is 10.2. The van der Waals surface area contributed by atoms with Gasteiger partial charge in [-0.1, -0.05) is 0 Å². The van der Waals surface area contributed by atoms with Gasteiger partial charge in [0.1, 0.15) is 17.6 Å². The van der Waals surface area contributed by atoms with Crippen molar-refractivity contribution in [3.63, 3.8) is 0 Å². The first-order valence-corrected chi connectivity index (χ1v) is 5.56. The maximum atomic E-state index is 13.0. The molecule has 1 aromatic rings. The number of rotatable bonds is 7. The zero-order valence-corrected chi connectivity index (χ0v) is 10.1. The predicted octanol–water partition coefficient (Wildman–Crippen LogP) is 0.726. The van der Waals surface area contributed by atoms with Gasteiger partial charge in [-0.15, -0.1) is 0 Å². The summed E-state index contributed by atoms with van der Waals surface area (Å²) in [6, 6.07) is 3.37. The van der Waals surface area contributed by atoms with E-state index in [-0.39, 0.29) is 5.82 Å². The number of carboxylic acids is 1. The maximum Gasteiger partial charge on any atom is 0.320 e. The number of benzene rings is 1. The van der Waals surface area contributed by atoms with Gasteiger partial charge in [0, 0.05) is 12.1 Å². The summed E-state index contributed by atoms with van der Waals surface area (Å²) in [4.78, 5) is 10.5. The molecule has 0 amide bonds. The van der Waals surface area contributed by atoms with Crippen LogP contribution in [0.3, 0.4) is 0 Å². The minimum atomic E-state index is -1.03. The number of nitrogens with two attached hydrogens (primary N) is 1. The van der Waals surface area contributed by atoms with Crippen LogP contribution in [0.25, 0.3) is 0 Å². The molecule has 1 atom stereocenters. The Morgan fingerprint density at radius 2 is 2.33 bits per heavy atom. The summed E-state index contributed by atoms with van der Waals surface area (Å²) in [5.41, 5.74) is 6.03. The molecule has 100 valence electrons. The van der Waals surface area contributed by atoms with Crippen LogP contribution in [0.1, 0.15) is 12.0 Å². The molecule has 6 heteroatoms. The third-order valence-corrected chi connectivity index (χ3v) is 2.51. The lowest BCUT2D eigenvalue weighted by molar-refractivity contribution is -0.138. The molecule has 0 saturated heterocycles. The second kappa shape index (κ2) is 6.93. The molecule has 0 aliphatic heterocycles. The van der Waals surface area contributed by atoms with E-state index in [0.717, 1.165) is 0 Å². The molecule has 0 aliphatic rings. The van der Waals surface area contributed by atoms with Crippen molar-refractivity contribution in [3.05, 3.63) is 29.6 Å². The molecule has 1 rings (SSSR count). The maximum absolute atomic E-state index is 13.0. The molecule has 1 unspecified atom stereocenters. The first-order chi connectivity index (χ1) is 8.54. The number of nitrogens with one attached hydrogen (secondary N) is 1. The second-order valence-corrected chi connectivity index (χ2v) is 3.87. The van der Waals surface area contributed by atoms with E-state index in [1.54, 1.807) is 6.07 Å². The number of carbonyl (C=O) groups is 1. The summed E-state index contributed by atoms with van der Waals surface area (Å²) in [7, 11) is 1.51. The highest BCUT2D eigenvalue weighted by Crippen LogP contribution is 2.18. The highest BCUT2D eigenvalue weighted by Gasteiger charge is 2.10. The quantitative estimate of drug-likeness (QED) is 0.626. The van der Waals surface area contributed by atoms with Crippen LogP contribution in [0.2, 0.25) is 0 Å². The molecular formula is C12H17FN2O3. The topological polar surface area (TPSA) is 84.6 Å². The van der Waals surface area contributed by atoms with Gasteiger partial charge in [-0.2, -0.15) is 0 Å². The zero-order chi connectivity index (χ0) is 13.5. The normalized spacial score (nSPS) is 12.2. The Kier molecular flexibility index (Phi) is 5.54. The predicted molar refractivity (Wildman–Crippen MR) is 64.9 cm³/mol. The van der Waals surface area contributed by atoms with E-state index in [0.29, 0.717) is 30.8 Å². The zero-order valence-electron chi connectivity index (χ0n) is 10.1. The Morgan fingerprint density at radius 3 is 2.94 bits per heavy atom. The largest absolute Gasteiger partial charge is 0.496 e. The van der Waals surface area contributed by atoms with Crippen LogP contribution in [-0.2, 0) is 11.3 Å². The van der Waals surface area contributed by atoms with E-state index < -0.39 is 12.0 Å². The second-order valence-electron chi connectivity index (χ2n) is 3.87. The summed E-state index contributed by atoms with van der Waals surface area (Å²) in [5, 5.41) is 11.6. The van der Waals surface area contributed by atoms with Crippen LogP contribution in [0.5, 0.6) is 5.75 Å². The van der Waals surface area contributed by atoms with Crippen molar-refractivity contribution < 1.29 is 19.0 Å². The lowest BCUT2D eigenvalue weighted by Gasteiger charge is -2.11. The lowest BCUT2D eigenvalue weighted by Crippen LogP contribution is -2.33. The number of halogens is 1. The molecule has 0 aliphatic carbocycles. The molecule has 5 nitrogen and oxygen atoms in total. The summed E-state index contributed by atoms with van der Waals surface area (Å²) >= 11 is 0. The van der Waals surface area contributed by atoms with Gasteiger partial charge in [-0.3, -0.25) is 4.79 Å². The molecule has 0 fully saturated rings. The van der Waals surface area contributed by atoms with Gasteiger partial charge in [0.2, 0.25) is 0 Å². The number of hydrogen-bond donors (Lipinski definition) is 3. The Hall–Kier alpha value is -1.66. The van der Waals surface area contributed by atoms with Crippen molar-refractivity contribution >= 4 is 5.97 Å². The Balaban J connectivity index is 2.43. The van der Waals surface area contributed by atoms with Gasteiger partial charge in [-0.25, -0.2) is 4.39 Å². The minimum absolute atomic E-state index is 0.312. The van der Waals surface area contributed by atoms with Crippen LogP contribution in [0, 0.1) is 5.82 Å². The molecule has 0 saturated carbocycles. The average molecular weight is 256 g/mol. The Labute approximate surface area is 105 Å². The minimum Gasteiger partial charge on any atom is -0.496 e. The van der Waals surface area contributed by atoms with Crippen LogP contribution in [0.15, 0.2) is 18.2 Å². The fourth-order valence-corrected chi connectivity index (χ4v) is 1.49. The highest BCUT2D eigenvalue weighted by molar-refractivity contribution is 5.72. The standard InChI is InChI=1S/C12H17FN2O3/c1-18-11-3-2-9(13)6-8(11)7-15-5-4-10(14)12(16)17/h2-3,6,10,15H,4-5,7,14H2,1H3,(H,16,17).